The van der Waals surface area contributed by atoms with Crippen molar-refractivity contribution in [2.75, 3.05) is 5.73 Å². The maximum atomic E-state index is 13.3. The molecule has 1 aromatic heterocycles. The van der Waals surface area contributed by atoms with Crippen LogP contribution >= 0.6 is 11.8 Å². The highest BCUT2D eigenvalue weighted by molar-refractivity contribution is 7.99. The molecule has 0 aliphatic rings. The van der Waals surface area contributed by atoms with Crippen LogP contribution in [0.15, 0.2) is 58.7 Å². The second kappa shape index (κ2) is 4.85. The highest BCUT2D eigenvalue weighted by Crippen LogP contribution is 2.32. The van der Waals surface area contributed by atoms with Gasteiger partial charge in [0.25, 0.3) is 0 Å². The maximum absolute atomic E-state index is 13.3. The molecule has 5 heteroatoms. The van der Waals surface area contributed by atoms with E-state index in [1.54, 1.807) is 6.07 Å². The number of nitrogen functional groups attached to an aromatic ring is 1. The Morgan fingerprint density at radius 3 is 2.74 bits per heavy atom. The number of hydrogen-bond acceptors (Lipinski definition) is 4. The summed E-state index contributed by atoms with van der Waals surface area (Å²) in [6.07, 6.45) is 1.51. The minimum Gasteiger partial charge on any atom is -0.399 e. The number of fused-ring (bicyclic) bond motifs is 1. The van der Waals surface area contributed by atoms with E-state index in [1.807, 2.05) is 24.3 Å². The van der Waals surface area contributed by atoms with Crippen molar-refractivity contribution in [1.82, 2.24) is 9.97 Å². The summed E-state index contributed by atoms with van der Waals surface area (Å²) in [7, 11) is 0. The fourth-order valence-corrected chi connectivity index (χ4v) is 2.79. The number of anilines is 1. The Hall–Kier alpha value is -2.14. The van der Waals surface area contributed by atoms with Crippen LogP contribution in [0.5, 0.6) is 0 Å². The van der Waals surface area contributed by atoms with Crippen LogP contribution in [0.2, 0.25) is 0 Å². The lowest BCUT2D eigenvalue weighted by molar-refractivity contribution is 0.625. The second-order valence-electron chi connectivity index (χ2n) is 4.02. The third-order valence-corrected chi connectivity index (χ3v) is 3.60. The van der Waals surface area contributed by atoms with Gasteiger partial charge in [0, 0.05) is 16.0 Å². The summed E-state index contributed by atoms with van der Waals surface area (Å²) in [5, 5.41) is 1.73. The fourth-order valence-electron chi connectivity index (χ4n) is 1.82. The Morgan fingerprint density at radius 1 is 1.05 bits per heavy atom. The first kappa shape index (κ1) is 11.9. The Balaban J connectivity index is 2.05. The molecule has 0 atom stereocenters. The molecular formula is C14H10FN3S. The molecule has 0 aliphatic heterocycles. The molecule has 94 valence electrons. The predicted molar refractivity (Wildman–Crippen MR) is 74.5 cm³/mol. The minimum absolute atomic E-state index is 0.346. The smallest absolute Gasteiger partial charge is 0.126 e. The Morgan fingerprint density at radius 2 is 1.89 bits per heavy atom. The van der Waals surface area contributed by atoms with Crippen LogP contribution in [-0.4, -0.2) is 9.97 Å². The second-order valence-corrected chi connectivity index (χ2v) is 5.08. The molecule has 2 N–H and O–H groups in total. The molecule has 0 saturated carbocycles. The zero-order chi connectivity index (χ0) is 13.2. The topological polar surface area (TPSA) is 51.8 Å². The van der Waals surface area contributed by atoms with E-state index >= 15 is 0 Å². The molecule has 1 heterocycles. The van der Waals surface area contributed by atoms with Gasteiger partial charge in [-0.05, 0) is 24.3 Å². The van der Waals surface area contributed by atoms with E-state index in [2.05, 4.69) is 9.97 Å². The molecule has 3 rings (SSSR count). The molecule has 0 fully saturated rings. The summed E-state index contributed by atoms with van der Waals surface area (Å²) in [5.74, 6) is -0.346. The van der Waals surface area contributed by atoms with Crippen LogP contribution in [-0.2, 0) is 0 Å². The quantitative estimate of drug-likeness (QED) is 0.572. The van der Waals surface area contributed by atoms with Gasteiger partial charge >= 0.3 is 0 Å². The summed E-state index contributed by atoms with van der Waals surface area (Å²) < 4.78 is 13.3. The summed E-state index contributed by atoms with van der Waals surface area (Å²) in [6.45, 7) is 0. The molecule has 0 amide bonds. The van der Waals surface area contributed by atoms with Gasteiger partial charge in [-0.2, -0.15) is 0 Å². The Bertz CT molecular complexity index is 720. The average Bonchev–Trinajstić information content (AvgIpc) is 2.38. The number of halogens is 1. The van der Waals surface area contributed by atoms with Crippen LogP contribution in [0.4, 0.5) is 10.1 Å². The van der Waals surface area contributed by atoms with E-state index in [1.165, 1.54) is 30.2 Å². The predicted octanol–water partition coefficient (Wildman–Crippen LogP) is 3.50. The molecule has 3 nitrogen and oxygen atoms in total. The van der Waals surface area contributed by atoms with E-state index in [-0.39, 0.29) is 5.82 Å². The van der Waals surface area contributed by atoms with Gasteiger partial charge in [0.1, 0.15) is 17.2 Å². The fraction of sp³-hybridized carbons (Fsp3) is 0. The van der Waals surface area contributed by atoms with Crippen molar-refractivity contribution >= 4 is 28.4 Å². The third-order valence-electron chi connectivity index (χ3n) is 2.61. The highest BCUT2D eigenvalue weighted by atomic mass is 32.2. The minimum atomic E-state index is -0.346. The van der Waals surface area contributed by atoms with Crippen LogP contribution < -0.4 is 5.73 Å². The van der Waals surface area contributed by atoms with Gasteiger partial charge in [0.05, 0.1) is 5.52 Å². The van der Waals surface area contributed by atoms with Gasteiger partial charge < -0.3 is 5.73 Å². The Labute approximate surface area is 113 Å². The first-order valence-corrected chi connectivity index (χ1v) is 6.48. The molecule has 19 heavy (non-hydrogen) atoms. The van der Waals surface area contributed by atoms with Crippen LogP contribution in [0.25, 0.3) is 10.9 Å². The van der Waals surface area contributed by atoms with Crippen molar-refractivity contribution < 1.29 is 4.39 Å². The highest BCUT2D eigenvalue weighted by Gasteiger charge is 2.06. The van der Waals surface area contributed by atoms with Crippen molar-refractivity contribution in [2.45, 2.75) is 9.92 Å². The molecule has 3 aromatic rings. The van der Waals surface area contributed by atoms with Crippen molar-refractivity contribution in [3.05, 3.63) is 54.6 Å². The van der Waals surface area contributed by atoms with Crippen molar-refractivity contribution in [3.8, 4) is 0 Å². The van der Waals surface area contributed by atoms with Gasteiger partial charge in [0.15, 0.2) is 0 Å². The van der Waals surface area contributed by atoms with E-state index in [0.29, 0.717) is 5.69 Å². The first-order chi connectivity index (χ1) is 9.22. The molecule has 0 spiro atoms. The summed E-state index contributed by atoms with van der Waals surface area (Å²) in [4.78, 5) is 9.17. The van der Waals surface area contributed by atoms with E-state index in [4.69, 9.17) is 5.73 Å². The van der Waals surface area contributed by atoms with Crippen LogP contribution in [0.1, 0.15) is 0 Å². The van der Waals surface area contributed by atoms with Gasteiger partial charge in [-0.25, -0.2) is 14.4 Å². The molecule has 0 aliphatic carbocycles. The van der Waals surface area contributed by atoms with Gasteiger partial charge in [-0.3, -0.25) is 0 Å². The van der Waals surface area contributed by atoms with Gasteiger partial charge in [-0.15, -0.1) is 0 Å². The van der Waals surface area contributed by atoms with E-state index in [9.17, 15) is 4.39 Å². The average molecular weight is 271 g/mol. The first-order valence-electron chi connectivity index (χ1n) is 5.66. The SMILES string of the molecule is Nc1cc(F)cc(Sc2ncnc3ccccc23)c1. The zero-order valence-corrected chi connectivity index (χ0v) is 10.7. The summed E-state index contributed by atoms with van der Waals surface area (Å²) in [5.41, 5.74) is 6.91. The van der Waals surface area contributed by atoms with Gasteiger partial charge in [-0.1, -0.05) is 30.0 Å². The lowest BCUT2D eigenvalue weighted by Gasteiger charge is -2.05. The Kier molecular flexibility index (Phi) is 3.05. The monoisotopic (exact) mass is 271 g/mol. The number of hydrogen-bond donors (Lipinski definition) is 1. The lowest BCUT2D eigenvalue weighted by Crippen LogP contribution is -1.89. The van der Waals surface area contributed by atoms with Gasteiger partial charge in [0.2, 0.25) is 0 Å². The molecule has 2 aromatic carbocycles. The molecule has 0 saturated heterocycles. The summed E-state index contributed by atoms with van der Waals surface area (Å²) >= 11 is 1.37. The number of benzene rings is 2. The molecule has 0 radical (unpaired) electrons. The molecular weight excluding hydrogens is 261 g/mol. The largest absolute Gasteiger partial charge is 0.399 e. The standard InChI is InChI=1S/C14H10FN3S/c15-9-5-10(16)7-11(6-9)19-14-12-3-1-2-4-13(12)17-8-18-14/h1-8H,16H2. The third kappa shape index (κ3) is 2.51. The lowest BCUT2D eigenvalue weighted by atomic mass is 10.2. The van der Waals surface area contributed by atoms with Crippen molar-refractivity contribution in [3.63, 3.8) is 0 Å². The molecule has 0 unspecified atom stereocenters. The number of nitrogens with zero attached hydrogens (tertiary/aromatic N) is 2. The number of aromatic nitrogens is 2. The summed E-state index contributed by atoms with van der Waals surface area (Å²) in [6, 6.07) is 12.2. The maximum Gasteiger partial charge on any atom is 0.126 e. The van der Waals surface area contributed by atoms with E-state index < -0.39 is 0 Å². The van der Waals surface area contributed by atoms with Crippen molar-refractivity contribution in [2.24, 2.45) is 0 Å². The number of para-hydroxylation sites is 1. The normalized spacial score (nSPS) is 10.8. The number of rotatable bonds is 2. The molecule has 0 bridgehead atoms. The van der Waals surface area contributed by atoms with Crippen LogP contribution in [0, 0.1) is 5.82 Å². The van der Waals surface area contributed by atoms with Crippen LogP contribution in [0.3, 0.4) is 0 Å². The zero-order valence-electron chi connectivity index (χ0n) is 9.88. The van der Waals surface area contributed by atoms with E-state index in [0.717, 1.165) is 20.8 Å². The van der Waals surface area contributed by atoms with Crippen molar-refractivity contribution in [1.29, 1.82) is 0 Å². The number of nitrogens with two attached hydrogens (primary N) is 1.